The van der Waals surface area contributed by atoms with E-state index in [1.165, 1.54) is 27.9 Å². The van der Waals surface area contributed by atoms with E-state index < -0.39 is 0 Å². The Morgan fingerprint density at radius 3 is 2.63 bits per heavy atom. The number of benzene rings is 2. The smallest absolute Gasteiger partial charge is 0.133 e. The third kappa shape index (κ3) is 3.43. The first-order valence-corrected chi connectivity index (χ1v) is 9.86. The number of para-hydroxylation sites is 1. The molecule has 4 rings (SSSR count). The van der Waals surface area contributed by atoms with E-state index in [1.807, 2.05) is 6.07 Å². The van der Waals surface area contributed by atoms with Gasteiger partial charge in [0.15, 0.2) is 0 Å². The number of furan rings is 1. The number of hydrogen-bond acceptors (Lipinski definition) is 3. The fraction of sp³-hybridized carbons (Fsp3) is 0.417. The van der Waals surface area contributed by atoms with Crippen molar-refractivity contribution in [3.63, 3.8) is 0 Å². The van der Waals surface area contributed by atoms with E-state index in [0.717, 1.165) is 18.5 Å². The van der Waals surface area contributed by atoms with E-state index >= 15 is 0 Å². The van der Waals surface area contributed by atoms with Gasteiger partial charge >= 0.3 is 0 Å². The molecule has 0 amide bonds. The molecule has 142 valence electrons. The number of fused-ring (bicyclic) bond motifs is 2. The van der Waals surface area contributed by atoms with Crippen molar-refractivity contribution in [2.24, 2.45) is 0 Å². The maximum absolute atomic E-state index is 5.50. The molecule has 2 aromatic carbocycles. The predicted molar refractivity (Wildman–Crippen MR) is 115 cm³/mol. The van der Waals surface area contributed by atoms with Crippen LogP contribution in [0.25, 0.3) is 11.0 Å². The van der Waals surface area contributed by atoms with Crippen LogP contribution in [0.1, 0.15) is 52.2 Å². The molecule has 27 heavy (non-hydrogen) atoms. The van der Waals surface area contributed by atoms with Gasteiger partial charge in [-0.25, -0.2) is 0 Å². The van der Waals surface area contributed by atoms with Crippen molar-refractivity contribution in [2.75, 3.05) is 17.2 Å². The summed E-state index contributed by atoms with van der Waals surface area (Å²) in [6, 6.07) is 15.6. The number of anilines is 2. The maximum Gasteiger partial charge on any atom is 0.133 e. The molecule has 3 heteroatoms. The molecule has 0 fully saturated rings. The van der Waals surface area contributed by atoms with Crippen molar-refractivity contribution < 1.29 is 4.42 Å². The highest BCUT2D eigenvalue weighted by atomic mass is 16.3. The highest BCUT2D eigenvalue weighted by Crippen LogP contribution is 2.39. The molecule has 0 saturated carbocycles. The van der Waals surface area contributed by atoms with Crippen molar-refractivity contribution in [1.82, 2.24) is 0 Å². The van der Waals surface area contributed by atoms with Crippen LogP contribution in [-0.4, -0.2) is 12.6 Å². The Bertz CT molecular complexity index is 962. The van der Waals surface area contributed by atoms with Crippen molar-refractivity contribution in [3.8, 4) is 0 Å². The Balaban J connectivity index is 1.59. The van der Waals surface area contributed by atoms with Gasteiger partial charge in [-0.3, -0.25) is 0 Å². The van der Waals surface area contributed by atoms with E-state index in [0.29, 0.717) is 6.04 Å². The van der Waals surface area contributed by atoms with E-state index in [-0.39, 0.29) is 10.8 Å². The van der Waals surface area contributed by atoms with Gasteiger partial charge in [0.05, 0.1) is 17.6 Å². The van der Waals surface area contributed by atoms with Crippen molar-refractivity contribution in [3.05, 3.63) is 59.9 Å². The average molecular weight is 363 g/mol. The van der Waals surface area contributed by atoms with Gasteiger partial charge in [0.25, 0.3) is 0 Å². The summed E-state index contributed by atoms with van der Waals surface area (Å²) >= 11 is 0. The summed E-state index contributed by atoms with van der Waals surface area (Å²) in [5.41, 5.74) is 6.35. The van der Waals surface area contributed by atoms with E-state index in [1.54, 1.807) is 6.26 Å². The lowest BCUT2D eigenvalue weighted by atomic mass is 9.78. The summed E-state index contributed by atoms with van der Waals surface area (Å²) in [5, 5.41) is 8.67. The molecule has 0 spiro atoms. The van der Waals surface area contributed by atoms with Crippen LogP contribution in [0.3, 0.4) is 0 Å². The summed E-state index contributed by atoms with van der Waals surface area (Å²) in [4.78, 5) is 0. The molecule has 2 N–H and O–H groups in total. The summed E-state index contributed by atoms with van der Waals surface area (Å²) in [6.07, 6.45) is 2.82. The van der Waals surface area contributed by atoms with Crippen LogP contribution in [0.4, 0.5) is 11.4 Å². The second kappa shape index (κ2) is 6.33. The normalized spacial score (nSPS) is 17.3. The molecule has 1 unspecified atom stereocenters. The zero-order valence-corrected chi connectivity index (χ0v) is 17.0. The Morgan fingerprint density at radius 2 is 1.85 bits per heavy atom. The highest BCUT2D eigenvalue weighted by molar-refractivity contribution is 5.78. The molecule has 1 aromatic heterocycles. The highest BCUT2D eigenvalue weighted by Gasteiger charge is 2.30. The first-order chi connectivity index (χ1) is 12.7. The standard InChI is InChI=1S/C24H30N2O/c1-23(2,3)19-7-6-8-20-22(19)26-18(15-25-20)14-24(4,5)17-9-10-21-16(13-17)11-12-27-21/h6-13,18,25-26H,14-15H2,1-5H3. The monoisotopic (exact) mass is 362 g/mol. The molecule has 3 aromatic rings. The molecule has 2 heterocycles. The number of rotatable bonds is 3. The van der Waals surface area contributed by atoms with Crippen molar-refractivity contribution >= 4 is 22.3 Å². The second-order valence-corrected chi connectivity index (χ2v) is 9.46. The summed E-state index contributed by atoms with van der Waals surface area (Å²) in [6.45, 7) is 12.4. The van der Waals surface area contributed by atoms with E-state index in [4.69, 9.17) is 4.42 Å². The summed E-state index contributed by atoms with van der Waals surface area (Å²) in [5.74, 6) is 0. The third-order valence-corrected chi connectivity index (χ3v) is 5.75. The van der Waals surface area contributed by atoms with Gasteiger partial charge in [0.1, 0.15) is 5.58 Å². The minimum Gasteiger partial charge on any atom is -0.464 e. The van der Waals surface area contributed by atoms with Crippen molar-refractivity contribution in [2.45, 2.75) is 57.9 Å². The van der Waals surface area contributed by atoms with E-state index in [9.17, 15) is 0 Å². The van der Waals surface area contributed by atoms with Gasteiger partial charge in [-0.2, -0.15) is 0 Å². The minimum atomic E-state index is 0.0684. The Hall–Kier alpha value is -2.42. The van der Waals surface area contributed by atoms with Crippen LogP contribution in [0.2, 0.25) is 0 Å². The van der Waals surface area contributed by atoms with Gasteiger partial charge in [0.2, 0.25) is 0 Å². The molecule has 1 aliphatic rings. The molecule has 0 radical (unpaired) electrons. The minimum absolute atomic E-state index is 0.0684. The predicted octanol–water partition coefficient (Wildman–Crippen LogP) is 6.30. The zero-order chi connectivity index (χ0) is 19.2. The Kier molecular flexibility index (Phi) is 4.21. The lowest BCUT2D eigenvalue weighted by Gasteiger charge is -2.37. The average Bonchev–Trinajstić information content (AvgIpc) is 3.07. The summed E-state index contributed by atoms with van der Waals surface area (Å²) in [7, 11) is 0. The molecule has 1 aliphatic heterocycles. The topological polar surface area (TPSA) is 37.2 Å². The number of nitrogens with one attached hydrogen (secondary N) is 2. The van der Waals surface area contributed by atoms with E-state index in [2.05, 4.69) is 81.7 Å². The van der Waals surface area contributed by atoms with Crippen LogP contribution < -0.4 is 10.6 Å². The van der Waals surface area contributed by atoms with Gasteiger partial charge in [-0.1, -0.05) is 52.8 Å². The molecule has 0 bridgehead atoms. The van der Waals surface area contributed by atoms with Crippen molar-refractivity contribution in [1.29, 1.82) is 0 Å². The lowest BCUT2D eigenvalue weighted by Crippen LogP contribution is -2.39. The van der Waals surface area contributed by atoms with Crippen LogP contribution in [-0.2, 0) is 10.8 Å². The fourth-order valence-electron chi connectivity index (χ4n) is 4.21. The first kappa shape index (κ1) is 18.0. The SMILES string of the molecule is CC(C)(C)c1cccc2c1NC(CC(C)(C)c1ccc3occc3c1)CN2. The Labute approximate surface area is 162 Å². The second-order valence-electron chi connectivity index (χ2n) is 9.46. The molecule has 0 saturated heterocycles. The zero-order valence-electron chi connectivity index (χ0n) is 17.0. The fourth-order valence-corrected chi connectivity index (χ4v) is 4.21. The maximum atomic E-state index is 5.50. The molecular weight excluding hydrogens is 332 g/mol. The van der Waals surface area contributed by atoms with Gasteiger partial charge in [0, 0.05) is 18.0 Å². The van der Waals surface area contributed by atoms with Crippen LogP contribution >= 0.6 is 0 Å². The lowest BCUT2D eigenvalue weighted by molar-refractivity contribution is 0.441. The van der Waals surface area contributed by atoms with Crippen LogP contribution in [0, 0.1) is 0 Å². The largest absolute Gasteiger partial charge is 0.464 e. The third-order valence-electron chi connectivity index (χ3n) is 5.75. The molecule has 3 nitrogen and oxygen atoms in total. The quantitative estimate of drug-likeness (QED) is 0.574. The van der Waals surface area contributed by atoms with Gasteiger partial charge in [-0.15, -0.1) is 0 Å². The van der Waals surface area contributed by atoms with Crippen LogP contribution in [0.5, 0.6) is 0 Å². The Morgan fingerprint density at radius 1 is 1.04 bits per heavy atom. The van der Waals surface area contributed by atoms with Gasteiger partial charge in [-0.05, 0) is 52.6 Å². The molecule has 0 aliphatic carbocycles. The number of hydrogen-bond donors (Lipinski definition) is 2. The van der Waals surface area contributed by atoms with Gasteiger partial charge < -0.3 is 15.1 Å². The summed E-state index contributed by atoms with van der Waals surface area (Å²) < 4.78 is 5.50. The first-order valence-electron chi connectivity index (χ1n) is 9.86. The molecule has 1 atom stereocenters. The van der Waals surface area contributed by atoms with Crippen LogP contribution in [0.15, 0.2) is 53.1 Å². The molecular formula is C24H30N2O.